The zero-order chi connectivity index (χ0) is 17.3. The van der Waals surface area contributed by atoms with Crippen LogP contribution in [0.5, 0.6) is 11.5 Å². The number of hydrogen-bond acceptors (Lipinski definition) is 3. The normalized spacial score (nSPS) is 15.3. The van der Waals surface area contributed by atoms with Gasteiger partial charge >= 0.3 is 0 Å². The number of carbonyl (C=O) groups excluding carboxylic acids is 1. The van der Waals surface area contributed by atoms with Gasteiger partial charge in [0.1, 0.15) is 0 Å². The predicted octanol–water partition coefficient (Wildman–Crippen LogP) is 4.53. The van der Waals surface area contributed by atoms with Crippen LogP contribution in [0.2, 0.25) is 0 Å². The lowest BCUT2D eigenvalue weighted by molar-refractivity contribution is 0.102. The molecule has 0 N–H and O–H groups in total. The van der Waals surface area contributed by atoms with E-state index >= 15 is 0 Å². The summed E-state index contributed by atoms with van der Waals surface area (Å²) in [4.78, 5) is 12.9. The summed E-state index contributed by atoms with van der Waals surface area (Å²) in [6.07, 6.45) is 3.62. The number of benzene rings is 2. The van der Waals surface area contributed by atoms with Gasteiger partial charge in [-0.3, -0.25) is 4.79 Å². The van der Waals surface area contributed by atoms with Gasteiger partial charge in [-0.05, 0) is 67.2 Å². The van der Waals surface area contributed by atoms with E-state index in [4.69, 9.17) is 9.47 Å². The van der Waals surface area contributed by atoms with E-state index in [9.17, 15) is 4.79 Å². The lowest BCUT2D eigenvalue weighted by atomic mass is 9.85. The zero-order valence-corrected chi connectivity index (χ0v) is 14.6. The third kappa shape index (κ3) is 2.82. The van der Waals surface area contributed by atoms with Gasteiger partial charge in [0.2, 0.25) is 0 Å². The molecule has 0 fully saturated rings. The number of rotatable bonds is 3. The molecule has 2 aromatic carbocycles. The first-order valence-corrected chi connectivity index (χ1v) is 8.11. The summed E-state index contributed by atoms with van der Waals surface area (Å²) in [6, 6.07) is 9.92. The molecule has 1 aliphatic rings. The molecule has 124 valence electrons. The fraction of sp³-hybridized carbons (Fsp3) is 0.286. The summed E-state index contributed by atoms with van der Waals surface area (Å²) in [7, 11) is 3.20. The molecule has 1 aliphatic carbocycles. The standard InChI is InChI=1S/C21H22O3/c1-13-6-5-7-14(2)17(13)10-16-9-8-15-11-19(23-3)20(24-4)12-18(15)21(16)22/h5-7,10-12H,8-9H2,1-4H3. The van der Waals surface area contributed by atoms with Crippen molar-refractivity contribution in [2.75, 3.05) is 14.2 Å². The molecule has 0 aromatic heterocycles. The van der Waals surface area contributed by atoms with Gasteiger partial charge in [0.25, 0.3) is 0 Å². The van der Waals surface area contributed by atoms with Crippen molar-refractivity contribution in [1.82, 2.24) is 0 Å². The van der Waals surface area contributed by atoms with Gasteiger partial charge in [-0.25, -0.2) is 0 Å². The van der Waals surface area contributed by atoms with Gasteiger partial charge in [-0.1, -0.05) is 18.2 Å². The molecule has 0 bridgehead atoms. The lowest BCUT2D eigenvalue weighted by Crippen LogP contribution is -2.15. The summed E-state index contributed by atoms with van der Waals surface area (Å²) >= 11 is 0. The van der Waals surface area contributed by atoms with E-state index in [0.29, 0.717) is 11.5 Å². The molecule has 0 spiro atoms. The Labute approximate surface area is 142 Å². The van der Waals surface area contributed by atoms with Crippen LogP contribution in [0.1, 0.15) is 39.0 Å². The molecule has 3 nitrogen and oxygen atoms in total. The Morgan fingerprint density at radius 1 is 0.958 bits per heavy atom. The number of allylic oxidation sites excluding steroid dienone is 1. The first-order chi connectivity index (χ1) is 11.5. The number of Topliss-reactive ketones (excluding diaryl/α,β-unsaturated/α-hetero) is 1. The Kier molecular flexibility index (Phi) is 4.43. The Hall–Kier alpha value is -2.55. The molecule has 0 aliphatic heterocycles. The van der Waals surface area contributed by atoms with Gasteiger partial charge in [0.15, 0.2) is 17.3 Å². The summed E-state index contributed by atoms with van der Waals surface area (Å²) < 4.78 is 10.7. The van der Waals surface area contributed by atoms with Crippen LogP contribution in [-0.4, -0.2) is 20.0 Å². The van der Waals surface area contributed by atoms with Crippen molar-refractivity contribution in [3.63, 3.8) is 0 Å². The number of ether oxygens (including phenoxy) is 2. The van der Waals surface area contributed by atoms with Gasteiger partial charge in [0, 0.05) is 11.1 Å². The number of fused-ring (bicyclic) bond motifs is 1. The third-order valence-electron chi connectivity index (χ3n) is 4.67. The van der Waals surface area contributed by atoms with E-state index in [2.05, 4.69) is 26.0 Å². The minimum Gasteiger partial charge on any atom is -0.493 e. The van der Waals surface area contributed by atoms with Crippen molar-refractivity contribution < 1.29 is 14.3 Å². The molecule has 0 unspecified atom stereocenters. The predicted molar refractivity (Wildman–Crippen MR) is 96.1 cm³/mol. The zero-order valence-electron chi connectivity index (χ0n) is 14.6. The van der Waals surface area contributed by atoms with Crippen LogP contribution in [0.3, 0.4) is 0 Å². The molecule has 0 amide bonds. The smallest absolute Gasteiger partial charge is 0.189 e. The average molecular weight is 322 g/mol. The second-order valence-electron chi connectivity index (χ2n) is 6.17. The summed E-state index contributed by atoms with van der Waals surface area (Å²) in [5.74, 6) is 1.35. The van der Waals surface area contributed by atoms with Crippen LogP contribution in [0.15, 0.2) is 35.9 Å². The molecule has 0 heterocycles. The number of carbonyl (C=O) groups is 1. The van der Waals surface area contributed by atoms with Crippen LogP contribution in [0.4, 0.5) is 0 Å². The highest BCUT2D eigenvalue weighted by Crippen LogP contribution is 2.36. The van der Waals surface area contributed by atoms with Crippen molar-refractivity contribution in [3.05, 3.63) is 63.7 Å². The minimum absolute atomic E-state index is 0.0832. The van der Waals surface area contributed by atoms with Gasteiger partial charge in [0.05, 0.1) is 14.2 Å². The first-order valence-electron chi connectivity index (χ1n) is 8.11. The minimum atomic E-state index is 0.0832. The largest absolute Gasteiger partial charge is 0.493 e. The molecule has 3 heteroatoms. The topological polar surface area (TPSA) is 35.5 Å². The monoisotopic (exact) mass is 322 g/mol. The maximum atomic E-state index is 12.9. The number of aryl methyl sites for hydroxylation is 3. The fourth-order valence-corrected chi connectivity index (χ4v) is 3.26. The number of ketones is 1. The number of hydrogen-bond donors (Lipinski definition) is 0. The summed E-state index contributed by atoms with van der Waals surface area (Å²) in [5.41, 5.74) is 6.12. The second-order valence-corrected chi connectivity index (χ2v) is 6.17. The van der Waals surface area contributed by atoms with E-state index in [1.807, 2.05) is 18.2 Å². The van der Waals surface area contributed by atoms with Crippen molar-refractivity contribution in [1.29, 1.82) is 0 Å². The van der Waals surface area contributed by atoms with Crippen molar-refractivity contribution in [2.24, 2.45) is 0 Å². The Morgan fingerprint density at radius 3 is 2.21 bits per heavy atom. The SMILES string of the molecule is COc1cc2c(cc1OC)C(=O)C(=Cc1c(C)cccc1C)CC2. The van der Waals surface area contributed by atoms with E-state index < -0.39 is 0 Å². The fourth-order valence-electron chi connectivity index (χ4n) is 3.26. The lowest BCUT2D eigenvalue weighted by Gasteiger charge is -2.20. The molecular weight excluding hydrogens is 300 g/mol. The molecule has 0 saturated carbocycles. The van der Waals surface area contributed by atoms with Crippen molar-refractivity contribution in [3.8, 4) is 11.5 Å². The molecular formula is C21H22O3. The Balaban J connectivity index is 2.05. The van der Waals surface area contributed by atoms with E-state index in [-0.39, 0.29) is 5.78 Å². The molecule has 2 aromatic rings. The highest BCUT2D eigenvalue weighted by Gasteiger charge is 2.24. The molecule has 0 radical (unpaired) electrons. The second kappa shape index (κ2) is 6.52. The van der Waals surface area contributed by atoms with E-state index in [0.717, 1.165) is 35.1 Å². The highest BCUT2D eigenvalue weighted by molar-refractivity contribution is 6.13. The maximum absolute atomic E-state index is 12.9. The van der Waals surface area contributed by atoms with Gasteiger partial charge in [-0.15, -0.1) is 0 Å². The third-order valence-corrected chi connectivity index (χ3v) is 4.67. The van der Waals surface area contributed by atoms with E-state index in [1.54, 1.807) is 20.3 Å². The highest BCUT2D eigenvalue weighted by atomic mass is 16.5. The van der Waals surface area contributed by atoms with Crippen molar-refractivity contribution in [2.45, 2.75) is 26.7 Å². The Morgan fingerprint density at radius 2 is 1.58 bits per heavy atom. The summed E-state index contributed by atoms with van der Waals surface area (Å²) in [5, 5.41) is 0. The van der Waals surface area contributed by atoms with Crippen LogP contribution < -0.4 is 9.47 Å². The van der Waals surface area contributed by atoms with Crippen molar-refractivity contribution >= 4 is 11.9 Å². The summed E-state index contributed by atoms with van der Waals surface area (Å²) in [6.45, 7) is 4.16. The van der Waals surface area contributed by atoms with Crippen LogP contribution in [0.25, 0.3) is 6.08 Å². The molecule has 24 heavy (non-hydrogen) atoms. The maximum Gasteiger partial charge on any atom is 0.189 e. The van der Waals surface area contributed by atoms with Gasteiger partial charge < -0.3 is 9.47 Å². The van der Waals surface area contributed by atoms with E-state index in [1.165, 1.54) is 11.1 Å². The van der Waals surface area contributed by atoms with Crippen LogP contribution in [0, 0.1) is 13.8 Å². The average Bonchev–Trinajstić information content (AvgIpc) is 2.59. The first kappa shape index (κ1) is 16.3. The Bertz CT molecular complexity index is 811. The number of methoxy groups -OCH3 is 2. The molecule has 0 atom stereocenters. The van der Waals surface area contributed by atoms with Crippen LogP contribution >= 0.6 is 0 Å². The molecule has 3 rings (SSSR count). The van der Waals surface area contributed by atoms with Crippen LogP contribution in [-0.2, 0) is 6.42 Å². The molecule has 0 saturated heterocycles. The quantitative estimate of drug-likeness (QED) is 0.779. The van der Waals surface area contributed by atoms with Gasteiger partial charge in [-0.2, -0.15) is 0 Å².